The molecule has 0 bridgehead atoms. The second kappa shape index (κ2) is 9.01. The average molecular weight is 457 g/mol. The number of carbonyl (C=O) groups excluding carboxylic acids is 3. The summed E-state index contributed by atoms with van der Waals surface area (Å²) in [6.07, 6.45) is 10.5. The van der Waals surface area contributed by atoms with Gasteiger partial charge < -0.3 is 20.1 Å². The molecule has 0 radical (unpaired) electrons. The Morgan fingerprint density at radius 3 is 2.69 bits per heavy atom. The molecule has 3 amide bonds. The van der Waals surface area contributed by atoms with Gasteiger partial charge >= 0.3 is 0 Å². The Labute approximate surface area is 190 Å². The predicted octanol–water partition coefficient (Wildman–Crippen LogP) is 1.46. The summed E-state index contributed by atoms with van der Waals surface area (Å²) in [6, 6.07) is 0.345. The summed E-state index contributed by atoms with van der Waals surface area (Å²) < 4.78 is 2.06. The zero-order chi connectivity index (χ0) is 22.1. The van der Waals surface area contributed by atoms with Crippen molar-refractivity contribution in [2.75, 3.05) is 19.6 Å². The summed E-state index contributed by atoms with van der Waals surface area (Å²) >= 11 is 1.34. The third-order valence-corrected chi connectivity index (χ3v) is 7.71. The van der Waals surface area contributed by atoms with Crippen molar-refractivity contribution in [3.8, 4) is 0 Å². The molecule has 2 aliphatic carbocycles. The van der Waals surface area contributed by atoms with Gasteiger partial charge in [-0.3, -0.25) is 14.4 Å². The molecule has 1 saturated heterocycles. The number of imidazole rings is 1. The number of hydrogen-bond acceptors (Lipinski definition) is 6. The van der Waals surface area contributed by atoms with Gasteiger partial charge in [0.15, 0.2) is 0 Å². The molecule has 1 aliphatic heterocycles. The van der Waals surface area contributed by atoms with Crippen molar-refractivity contribution in [3.63, 3.8) is 0 Å². The second-order valence-corrected chi connectivity index (χ2v) is 9.80. The van der Waals surface area contributed by atoms with Crippen molar-refractivity contribution in [3.05, 3.63) is 35.3 Å². The van der Waals surface area contributed by atoms with E-state index in [1.165, 1.54) is 24.2 Å². The van der Waals surface area contributed by atoms with Crippen molar-refractivity contribution in [2.24, 2.45) is 17.8 Å². The number of thiazole rings is 1. The van der Waals surface area contributed by atoms with Crippen molar-refractivity contribution in [1.82, 2.24) is 30.1 Å². The van der Waals surface area contributed by atoms with Crippen LogP contribution in [0.3, 0.4) is 0 Å². The first-order chi connectivity index (χ1) is 15.6. The van der Waals surface area contributed by atoms with Crippen LogP contribution in [0.2, 0.25) is 0 Å². The first-order valence-electron chi connectivity index (χ1n) is 11.3. The van der Waals surface area contributed by atoms with Crippen LogP contribution in [0.1, 0.15) is 48.6 Å². The van der Waals surface area contributed by atoms with E-state index >= 15 is 0 Å². The van der Waals surface area contributed by atoms with Crippen molar-refractivity contribution in [2.45, 2.75) is 44.2 Å². The van der Waals surface area contributed by atoms with Gasteiger partial charge in [0.25, 0.3) is 5.91 Å². The minimum atomic E-state index is -0.333. The predicted molar refractivity (Wildman–Crippen MR) is 118 cm³/mol. The molecular weight excluding hydrogens is 428 g/mol. The molecule has 2 aromatic heterocycles. The fourth-order valence-corrected chi connectivity index (χ4v) is 5.61. The van der Waals surface area contributed by atoms with E-state index < -0.39 is 0 Å². The van der Waals surface area contributed by atoms with Crippen LogP contribution in [0.15, 0.2) is 29.6 Å². The summed E-state index contributed by atoms with van der Waals surface area (Å²) in [4.78, 5) is 47.7. The highest BCUT2D eigenvalue weighted by molar-refractivity contribution is 7.07. The van der Waals surface area contributed by atoms with Gasteiger partial charge in [-0.15, -0.1) is 11.3 Å². The Kier molecular flexibility index (Phi) is 5.95. The monoisotopic (exact) mass is 456 g/mol. The van der Waals surface area contributed by atoms with E-state index in [2.05, 4.69) is 25.2 Å². The van der Waals surface area contributed by atoms with Gasteiger partial charge in [0.2, 0.25) is 11.8 Å². The first-order valence-corrected chi connectivity index (χ1v) is 12.3. The number of hydrogen-bond donors (Lipinski definition) is 2. The van der Waals surface area contributed by atoms with Gasteiger partial charge in [0, 0.05) is 42.8 Å². The third-order valence-electron chi connectivity index (χ3n) is 7.13. The lowest BCUT2D eigenvalue weighted by molar-refractivity contribution is -0.133. The molecule has 3 heterocycles. The number of nitrogens with zero attached hydrogens (tertiary/aromatic N) is 4. The van der Waals surface area contributed by atoms with Crippen LogP contribution in [0.25, 0.3) is 0 Å². The SMILES string of the molecule is O=C(NCC(=O)N1CCC(C2CC2)C1CNC(=O)C1CC(n2ccnc2)C1)c1cscn1. The maximum absolute atomic E-state index is 12.9. The highest BCUT2D eigenvalue weighted by Crippen LogP contribution is 2.44. The first kappa shape index (κ1) is 21.1. The van der Waals surface area contributed by atoms with Gasteiger partial charge in [0.05, 0.1) is 24.4 Å². The van der Waals surface area contributed by atoms with Crippen LogP contribution in [0.4, 0.5) is 0 Å². The molecule has 2 N–H and O–H groups in total. The molecule has 3 fully saturated rings. The normalized spacial score (nSPS) is 27.1. The largest absolute Gasteiger partial charge is 0.354 e. The van der Waals surface area contributed by atoms with Crippen LogP contribution >= 0.6 is 11.3 Å². The summed E-state index contributed by atoms with van der Waals surface area (Å²) in [6.45, 7) is 1.12. The van der Waals surface area contributed by atoms with E-state index in [1.54, 1.807) is 23.4 Å². The molecule has 9 nitrogen and oxygen atoms in total. The van der Waals surface area contributed by atoms with Crippen LogP contribution < -0.4 is 10.6 Å². The molecule has 5 rings (SSSR count). The Hall–Kier alpha value is -2.75. The summed E-state index contributed by atoms with van der Waals surface area (Å²) in [5.41, 5.74) is 1.92. The molecule has 3 aliphatic rings. The number of amides is 3. The molecule has 2 aromatic rings. The number of rotatable bonds is 8. The number of aromatic nitrogens is 3. The number of carbonyl (C=O) groups is 3. The lowest BCUT2D eigenvalue weighted by Gasteiger charge is -2.36. The Bertz CT molecular complexity index is 952. The van der Waals surface area contributed by atoms with Gasteiger partial charge in [-0.05, 0) is 43.9 Å². The van der Waals surface area contributed by atoms with Crippen molar-refractivity contribution >= 4 is 29.1 Å². The van der Waals surface area contributed by atoms with E-state index in [0.29, 0.717) is 36.7 Å². The molecule has 10 heteroatoms. The fraction of sp³-hybridized carbons (Fsp3) is 0.591. The van der Waals surface area contributed by atoms with Crippen molar-refractivity contribution < 1.29 is 14.4 Å². The Balaban J connectivity index is 1.14. The lowest BCUT2D eigenvalue weighted by Crippen LogP contribution is -2.50. The maximum Gasteiger partial charge on any atom is 0.271 e. The van der Waals surface area contributed by atoms with Gasteiger partial charge in [0.1, 0.15) is 5.69 Å². The summed E-state index contributed by atoms with van der Waals surface area (Å²) in [7, 11) is 0. The minimum Gasteiger partial charge on any atom is -0.354 e. The van der Waals surface area contributed by atoms with E-state index in [9.17, 15) is 14.4 Å². The van der Waals surface area contributed by atoms with Crippen LogP contribution in [0, 0.1) is 17.8 Å². The standard InChI is InChI=1S/C22H28N6O3S/c29-20(10-25-22(31)18-11-32-13-26-18)28-5-3-17(14-1-2-14)19(28)9-24-21(30)15-7-16(8-15)27-6-4-23-12-27/h4,6,11-17,19H,1-3,5,7-10H2,(H,24,30)(H,25,31). The minimum absolute atomic E-state index is 0.000327. The summed E-state index contributed by atoms with van der Waals surface area (Å²) in [5.74, 6) is 0.735. The molecule has 170 valence electrons. The Morgan fingerprint density at radius 2 is 2.00 bits per heavy atom. The molecule has 2 unspecified atom stereocenters. The highest BCUT2D eigenvalue weighted by atomic mass is 32.1. The maximum atomic E-state index is 12.9. The molecule has 32 heavy (non-hydrogen) atoms. The van der Waals surface area contributed by atoms with E-state index in [-0.39, 0.29) is 36.2 Å². The molecule has 2 atom stereocenters. The van der Waals surface area contributed by atoms with Crippen molar-refractivity contribution in [1.29, 1.82) is 0 Å². The molecule has 2 saturated carbocycles. The topological polar surface area (TPSA) is 109 Å². The van der Waals surface area contributed by atoms with E-state index in [4.69, 9.17) is 0 Å². The molecular formula is C22H28N6O3S. The van der Waals surface area contributed by atoms with Gasteiger partial charge in [-0.25, -0.2) is 9.97 Å². The Morgan fingerprint density at radius 1 is 1.16 bits per heavy atom. The van der Waals surface area contributed by atoms with E-state index in [1.807, 2.05) is 11.1 Å². The average Bonchev–Trinajstić information content (AvgIpc) is 3.19. The third kappa shape index (κ3) is 4.41. The summed E-state index contributed by atoms with van der Waals surface area (Å²) in [5, 5.41) is 7.47. The zero-order valence-electron chi connectivity index (χ0n) is 17.9. The number of likely N-dealkylation sites (tertiary alicyclic amines) is 1. The highest BCUT2D eigenvalue weighted by Gasteiger charge is 2.45. The van der Waals surface area contributed by atoms with Crippen LogP contribution in [0.5, 0.6) is 0 Å². The second-order valence-electron chi connectivity index (χ2n) is 9.08. The zero-order valence-corrected chi connectivity index (χ0v) is 18.7. The smallest absolute Gasteiger partial charge is 0.271 e. The fourth-order valence-electron chi connectivity index (χ4n) is 5.08. The molecule has 0 aromatic carbocycles. The van der Waals surface area contributed by atoms with E-state index in [0.717, 1.165) is 19.3 Å². The van der Waals surface area contributed by atoms with Gasteiger partial charge in [-0.2, -0.15) is 0 Å². The number of nitrogens with one attached hydrogen (secondary N) is 2. The lowest BCUT2D eigenvalue weighted by atomic mass is 9.79. The quantitative estimate of drug-likeness (QED) is 0.625. The van der Waals surface area contributed by atoms with Crippen LogP contribution in [-0.2, 0) is 9.59 Å². The molecule has 0 spiro atoms. The van der Waals surface area contributed by atoms with Gasteiger partial charge in [-0.1, -0.05) is 0 Å². The van der Waals surface area contributed by atoms with Crippen LogP contribution in [-0.4, -0.2) is 62.8 Å².